The second-order valence-electron chi connectivity index (χ2n) is 8.00. The molecule has 1 saturated carbocycles. The second kappa shape index (κ2) is 5.44. The summed E-state index contributed by atoms with van der Waals surface area (Å²) >= 11 is 0. The Balaban J connectivity index is 1.54. The van der Waals surface area contributed by atoms with Crippen LogP contribution in [0, 0.1) is 12.8 Å². The minimum absolute atomic E-state index is 0.119. The molecule has 0 bridgehead atoms. The Morgan fingerprint density at radius 2 is 1.96 bits per heavy atom. The Bertz CT molecular complexity index is 1000. The van der Waals surface area contributed by atoms with Crippen molar-refractivity contribution in [1.82, 2.24) is 10.1 Å². The molecule has 0 amide bonds. The van der Waals surface area contributed by atoms with E-state index in [1.807, 2.05) is 6.92 Å². The summed E-state index contributed by atoms with van der Waals surface area (Å²) in [7, 11) is 0. The van der Waals surface area contributed by atoms with Crippen LogP contribution < -0.4 is 5.73 Å². The molecule has 0 aliphatic heterocycles. The molecule has 1 heterocycles. The molecule has 0 radical (unpaired) electrons. The lowest BCUT2D eigenvalue weighted by Crippen LogP contribution is -2.30. The molecule has 5 rings (SSSR count). The van der Waals surface area contributed by atoms with Crippen molar-refractivity contribution in [3.8, 4) is 11.1 Å². The Hall–Kier alpha value is -2.62. The van der Waals surface area contributed by atoms with Crippen LogP contribution in [-0.4, -0.2) is 10.1 Å². The number of benzene rings is 2. The lowest BCUT2D eigenvalue weighted by molar-refractivity contribution is 0.338. The first-order chi connectivity index (χ1) is 12.6. The molecule has 1 unspecified atom stereocenters. The van der Waals surface area contributed by atoms with Crippen LogP contribution in [0.15, 0.2) is 40.9 Å². The molecule has 2 aromatic carbocycles. The van der Waals surface area contributed by atoms with Gasteiger partial charge in [0.15, 0.2) is 5.82 Å². The zero-order valence-corrected chi connectivity index (χ0v) is 15.2. The van der Waals surface area contributed by atoms with Gasteiger partial charge in [-0.25, -0.2) is 0 Å². The lowest BCUT2D eigenvalue weighted by atomic mass is 9.77. The van der Waals surface area contributed by atoms with Crippen LogP contribution in [0.2, 0.25) is 0 Å². The summed E-state index contributed by atoms with van der Waals surface area (Å²) in [5.41, 5.74) is 13.9. The van der Waals surface area contributed by atoms with E-state index < -0.39 is 0 Å². The van der Waals surface area contributed by atoms with Crippen LogP contribution in [-0.2, 0) is 18.3 Å². The highest BCUT2D eigenvalue weighted by atomic mass is 16.5. The van der Waals surface area contributed by atoms with Gasteiger partial charge in [0, 0.05) is 24.4 Å². The monoisotopic (exact) mass is 345 g/mol. The highest BCUT2D eigenvalue weighted by Crippen LogP contribution is 2.49. The largest absolute Gasteiger partial charge is 0.398 e. The first kappa shape index (κ1) is 15.6. The van der Waals surface area contributed by atoms with E-state index in [9.17, 15) is 0 Å². The van der Waals surface area contributed by atoms with Gasteiger partial charge >= 0.3 is 0 Å². The molecule has 26 heavy (non-hydrogen) atoms. The quantitative estimate of drug-likeness (QED) is 0.555. The SMILES string of the molecule is Cc1nc(C(C)(Cc2ccc3c(c2N)Cc2ccccc2-3)C2CC2)no1. The smallest absolute Gasteiger partial charge is 0.223 e. The number of fused-ring (bicyclic) bond motifs is 3. The minimum Gasteiger partial charge on any atom is -0.398 e. The van der Waals surface area contributed by atoms with Crippen molar-refractivity contribution in [3.05, 3.63) is 64.8 Å². The summed E-state index contributed by atoms with van der Waals surface area (Å²) in [6, 6.07) is 13.0. The van der Waals surface area contributed by atoms with Gasteiger partial charge in [0.25, 0.3) is 0 Å². The standard InChI is InChI=1S/C22H23N3O/c1-13-24-21(25-26-13)22(2,16-8-9-16)12-15-7-10-18-17-6-4-3-5-14(17)11-19(18)20(15)23/h3-7,10,16H,8-9,11-12,23H2,1-2H3. The first-order valence-electron chi connectivity index (χ1n) is 9.35. The van der Waals surface area contributed by atoms with E-state index >= 15 is 0 Å². The number of nitrogen functional groups attached to an aromatic ring is 1. The molecule has 1 aromatic heterocycles. The van der Waals surface area contributed by atoms with Crippen LogP contribution in [0.25, 0.3) is 11.1 Å². The zero-order chi connectivity index (χ0) is 17.9. The number of nitrogens with two attached hydrogens (primary N) is 1. The molecular formula is C22H23N3O. The predicted molar refractivity (Wildman–Crippen MR) is 102 cm³/mol. The van der Waals surface area contributed by atoms with E-state index in [1.54, 1.807) is 0 Å². The third kappa shape index (κ3) is 2.28. The fourth-order valence-electron chi connectivity index (χ4n) is 4.49. The summed E-state index contributed by atoms with van der Waals surface area (Å²) in [6.45, 7) is 4.11. The number of rotatable bonds is 4. The molecule has 1 fully saturated rings. The lowest BCUT2D eigenvalue weighted by Gasteiger charge is -2.27. The minimum atomic E-state index is -0.119. The summed E-state index contributed by atoms with van der Waals surface area (Å²) in [5.74, 6) is 2.05. The number of hydrogen-bond acceptors (Lipinski definition) is 4. The Labute approximate surface area is 153 Å². The van der Waals surface area contributed by atoms with Gasteiger partial charge in [-0.05, 0) is 53.0 Å². The Morgan fingerprint density at radius 3 is 2.69 bits per heavy atom. The van der Waals surface area contributed by atoms with Gasteiger partial charge in [0.2, 0.25) is 5.89 Å². The fraction of sp³-hybridized carbons (Fsp3) is 0.364. The van der Waals surface area contributed by atoms with Gasteiger partial charge in [-0.3, -0.25) is 0 Å². The topological polar surface area (TPSA) is 64.9 Å². The highest BCUT2D eigenvalue weighted by molar-refractivity contribution is 5.82. The molecule has 0 spiro atoms. The van der Waals surface area contributed by atoms with Crippen molar-refractivity contribution in [1.29, 1.82) is 0 Å². The summed E-state index contributed by atoms with van der Waals surface area (Å²) in [4.78, 5) is 4.56. The third-order valence-electron chi connectivity index (χ3n) is 6.20. The average molecular weight is 345 g/mol. The molecule has 0 saturated heterocycles. The van der Waals surface area contributed by atoms with Crippen molar-refractivity contribution in [2.45, 2.75) is 44.9 Å². The Morgan fingerprint density at radius 1 is 1.15 bits per heavy atom. The fourth-order valence-corrected chi connectivity index (χ4v) is 4.49. The molecule has 2 aliphatic carbocycles. The van der Waals surface area contributed by atoms with E-state index in [-0.39, 0.29) is 5.41 Å². The maximum absolute atomic E-state index is 6.66. The molecule has 4 nitrogen and oxygen atoms in total. The van der Waals surface area contributed by atoms with Crippen LogP contribution in [0.4, 0.5) is 5.69 Å². The van der Waals surface area contributed by atoms with E-state index in [2.05, 4.69) is 53.5 Å². The van der Waals surface area contributed by atoms with Gasteiger partial charge in [0.05, 0.1) is 0 Å². The molecular weight excluding hydrogens is 322 g/mol. The van der Waals surface area contributed by atoms with E-state index in [4.69, 9.17) is 10.3 Å². The summed E-state index contributed by atoms with van der Waals surface area (Å²) in [5, 5.41) is 4.25. The van der Waals surface area contributed by atoms with Crippen molar-refractivity contribution < 1.29 is 4.52 Å². The molecule has 132 valence electrons. The van der Waals surface area contributed by atoms with Gasteiger partial charge in [-0.1, -0.05) is 48.5 Å². The number of anilines is 1. The van der Waals surface area contributed by atoms with Crippen LogP contribution >= 0.6 is 0 Å². The normalized spacial score (nSPS) is 17.6. The molecule has 3 aromatic rings. The van der Waals surface area contributed by atoms with Gasteiger partial charge in [-0.15, -0.1) is 0 Å². The second-order valence-corrected chi connectivity index (χ2v) is 8.00. The maximum Gasteiger partial charge on any atom is 0.223 e. The van der Waals surface area contributed by atoms with Crippen molar-refractivity contribution in [2.24, 2.45) is 5.92 Å². The van der Waals surface area contributed by atoms with Crippen molar-refractivity contribution in [3.63, 3.8) is 0 Å². The van der Waals surface area contributed by atoms with Crippen LogP contribution in [0.3, 0.4) is 0 Å². The number of aromatic nitrogens is 2. The molecule has 4 heteroatoms. The Kier molecular flexibility index (Phi) is 3.27. The molecule has 2 aliphatic rings. The highest BCUT2D eigenvalue weighted by Gasteiger charge is 2.46. The van der Waals surface area contributed by atoms with E-state index in [1.165, 1.54) is 40.7 Å². The third-order valence-corrected chi connectivity index (χ3v) is 6.20. The number of hydrogen-bond donors (Lipinski definition) is 1. The van der Waals surface area contributed by atoms with E-state index in [0.717, 1.165) is 24.4 Å². The molecule has 2 N–H and O–H groups in total. The predicted octanol–water partition coefficient (Wildman–Crippen LogP) is 4.44. The zero-order valence-electron chi connectivity index (χ0n) is 15.2. The number of aryl methyl sites for hydroxylation is 1. The van der Waals surface area contributed by atoms with Crippen molar-refractivity contribution in [2.75, 3.05) is 5.73 Å². The van der Waals surface area contributed by atoms with Gasteiger partial charge in [-0.2, -0.15) is 4.98 Å². The van der Waals surface area contributed by atoms with Gasteiger partial charge in [0.1, 0.15) is 0 Å². The maximum atomic E-state index is 6.66. The molecule has 1 atom stereocenters. The summed E-state index contributed by atoms with van der Waals surface area (Å²) in [6.07, 6.45) is 4.22. The summed E-state index contributed by atoms with van der Waals surface area (Å²) < 4.78 is 5.28. The van der Waals surface area contributed by atoms with Crippen LogP contribution in [0.5, 0.6) is 0 Å². The number of nitrogens with zero attached hydrogens (tertiary/aromatic N) is 2. The van der Waals surface area contributed by atoms with Gasteiger partial charge < -0.3 is 10.3 Å². The average Bonchev–Trinajstić information content (AvgIpc) is 3.30. The van der Waals surface area contributed by atoms with E-state index in [0.29, 0.717) is 11.8 Å². The van der Waals surface area contributed by atoms with Crippen LogP contribution in [0.1, 0.15) is 48.2 Å². The first-order valence-corrected chi connectivity index (χ1v) is 9.35. The van der Waals surface area contributed by atoms with Crippen molar-refractivity contribution >= 4 is 5.69 Å².